The van der Waals surface area contributed by atoms with Crippen LogP contribution in [0, 0.1) is 5.92 Å². The molecule has 2 rings (SSSR count). The summed E-state index contributed by atoms with van der Waals surface area (Å²) in [7, 11) is 0. The average molecular weight is 228 g/mol. The first-order valence-electron chi connectivity index (χ1n) is 4.62. The molecule has 82 valence electrons. The lowest BCUT2D eigenvalue weighted by molar-refractivity contribution is -0.162. The van der Waals surface area contributed by atoms with Gasteiger partial charge >= 0.3 is 5.97 Å². The van der Waals surface area contributed by atoms with Gasteiger partial charge in [0.1, 0.15) is 17.5 Å². The number of rotatable bonds is 2. The van der Waals surface area contributed by atoms with Gasteiger partial charge in [0.2, 0.25) is 5.91 Å². The number of β-lactam (4-membered cyclic amide) rings is 1. The quantitative estimate of drug-likeness (QED) is 0.491. The van der Waals surface area contributed by atoms with Crippen molar-refractivity contribution in [3.63, 3.8) is 0 Å². The third-order valence-corrected chi connectivity index (χ3v) is 4.28. The second-order valence-corrected chi connectivity index (χ2v) is 4.83. The van der Waals surface area contributed by atoms with Gasteiger partial charge in [-0.25, -0.2) is 4.79 Å². The van der Waals surface area contributed by atoms with Gasteiger partial charge in [0.05, 0.1) is 0 Å². The summed E-state index contributed by atoms with van der Waals surface area (Å²) >= 11 is 1.52. The summed E-state index contributed by atoms with van der Waals surface area (Å²) < 4.78 is 0. The van der Waals surface area contributed by atoms with Crippen LogP contribution in [0.4, 0.5) is 0 Å². The second kappa shape index (κ2) is 3.53. The van der Waals surface area contributed by atoms with Crippen molar-refractivity contribution in [1.29, 1.82) is 0 Å². The zero-order valence-electron chi connectivity index (χ0n) is 8.00. The van der Waals surface area contributed by atoms with Crippen molar-refractivity contribution in [3.05, 3.63) is 12.7 Å². The Morgan fingerprint density at radius 1 is 1.73 bits per heavy atom. The number of carbonyl (C=O) groups is 2. The summed E-state index contributed by atoms with van der Waals surface area (Å²) in [5.74, 6) is -0.792. The van der Waals surface area contributed by atoms with E-state index in [0.29, 0.717) is 5.75 Å². The van der Waals surface area contributed by atoms with Crippen molar-refractivity contribution in [2.24, 2.45) is 11.7 Å². The van der Waals surface area contributed by atoms with E-state index < -0.39 is 18.1 Å². The first-order valence-corrected chi connectivity index (χ1v) is 5.67. The number of thioether (sulfide) groups is 1. The number of aliphatic carboxylic acids is 1. The molecule has 0 spiro atoms. The zero-order chi connectivity index (χ0) is 11.2. The molecule has 2 aliphatic rings. The molecule has 15 heavy (non-hydrogen) atoms. The Bertz CT molecular complexity index is 333. The summed E-state index contributed by atoms with van der Waals surface area (Å²) in [6.07, 6.45) is 1.60. The van der Waals surface area contributed by atoms with Gasteiger partial charge in [0, 0.05) is 11.7 Å². The molecule has 6 heteroatoms. The van der Waals surface area contributed by atoms with Gasteiger partial charge in [-0.3, -0.25) is 4.79 Å². The SMILES string of the molecule is C=CC1CS[C@@H]2C(N)C(=O)N2C1C(=O)O. The lowest BCUT2D eigenvalue weighted by Gasteiger charge is -2.52. The second-order valence-electron chi connectivity index (χ2n) is 3.68. The van der Waals surface area contributed by atoms with Crippen LogP contribution in [0.2, 0.25) is 0 Å². The number of carboxylic acid groups (broad SMARTS) is 1. The van der Waals surface area contributed by atoms with E-state index in [-0.39, 0.29) is 17.2 Å². The van der Waals surface area contributed by atoms with Gasteiger partial charge < -0.3 is 15.7 Å². The molecular weight excluding hydrogens is 216 g/mol. The molecule has 0 aliphatic carbocycles. The van der Waals surface area contributed by atoms with Gasteiger partial charge in [-0.05, 0) is 0 Å². The molecule has 2 heterocycles. The maximum absolute atomic E-state index is 11.5. The average Bonchev–Trinajstić information content (AvgIpc) is 2.25. The van der Waals surface area contributed by atoms with E-state index in [1.54, 1.807) is 6.08 Å². The highest BCUT2D eigenvalue weighted by Crippen LogP contribution is 2.39. The predicted octanol–water partition coefficient (Wildman–Crippen LogP) is -0.516. The van der Waals surface area contributed by atoms with Crippen molar-refractivity contribution < 1.29 is 14.7 Å². The summed E-state index contributed by atoms with van der Waals surface area (Å²) in [5, 5.41) is 8.90. The van der Waals surface area contributed by atoms with E-state index in [1.807, 2.05) is 0 Å². The van der Waals surface area contributed by atoms with Crippen LogP contribution in [0.1, 0.15) is 0 Å². The van der Waals surface area contributed by atoms with Crippen LogP contribution in [-0.2, 0) is 9.59 Å². The molecule has 0 aromatic rings. The monoisotopic (exact) mass is 228 g/mol. The molecule has 3 N–H and O–H groups in total. The number of hydrogen-bond donors (Lipinski definition) is 2. The molecule has 0 saturated carbocycles. The maximum atomic E-state index is 11.5. The highest BCUT2D eigenvalue weighted by atomic mass is 32.2. The van der Waals surface area contributed by atoms with Crippen LogP contribution in [0.25, 0.3) is 0 Å². The number of hydrogen-bond acceptors (Lipinski definition) is 4. The molecule has 2 saturated heterocycles. The molecule has 0 aromatic carbocycles. The zero-order valence-corrected chi connectivity index (χ0v) is 8.81. The first kappa shape index (κ1) is 10.5. The van der Waals surface area contributed by atoms with E-state index in [2.05, 4.69) is 6.58 Å². The molecule has 0 bridgehead atoms. The molecular formula is C9H12N2O3S. The predicted molar refractivity (Wildman–Crippen MR) is 56.2 cm³/mol. The molecule has 0 aromatic heterocycles. The first-order chi connectivity index (χ1) is 7.07. The minimum atomic E-state index is -0.981. The Hall–Kier alpha value is -1.01. The Morgan fingerprint density at radius 2 is 2.40 bits per heavy atom. The lowest BCUT2D eigenvalue weighted by Crippen LogP contribution is -2.74. The summed E-state index contributed by atoms with van der Waals surface area (Å²) in [5.41, 5.74) is 5.60. The Balaban J connectivity index is 2.25. The van der Waals surface area contributed by atoms with Crippen LogP contribution >= 0.6 is 11.8 Å². The maximum Gasteiger partial charge on any atom is 0.327 e. The Labute approximate surface area is 91.3 Å². The topological polar surface area (TPSA) is 83.6 Å². The van der Waals surface area contributed by atoms with Gasteiger partial charge in [-0.15, -0.1) is 18.3 Å². The van der Waals surface area contributed by atoms with Crippen molar-refractivity contribution in [3.8, 4) is 0 Å². The van der Waals surface area contributed by atoms with Crippen molar-refractivity contribution >= 4 is 23.6 Å². The van der Waals surface area contributed by atoms with E-state index in [1.165, 1.54) is 16.7 Å². The smallest absolute Gasteiger partial charge is 0.327 e. The molecule has 2 fully saturated rings. The third kappa shape index (κ3) is 1.36. The highest BCUT2D eigenvalue weighted by Gasteiger charge is 2.55. The standard InChI is InChI=1S/C9H12N2O3S/c1-2-4-3-15-8-5(10)7(12)11(8)6(4)9(13)14/h2,4-6,8H,1,3,10H2,(H,13,14)/t4?,5?,6?,8-/m1/s1. The van der Waals surface area contributed by atoms with Crippen molar-refractivity contribution in [2.45, 2.75) is 17.5 Å². The molecule has 1 amide bonds. The van der Waals surface area contributed by atoms with Crippen LogP contribution in [0.3, 0.4) is 0 Å². The molecule has 5 nitrogen and oxygen atoms in total. The van der Waals surface area contributed by atoms with Gasteiger partial charge in [-0.1, -0.05) is 6.08 Å². The van der Waals surface area contributed by atoms with Crippen LogP contribution < -0.4 is 5.73 Å². The Morgan fingerprint density at radius 3 is 2.93 bits per heavy atom. The number of nitrogens with two attached hydrogens (primary N) is 1. The van der Waals surface area contributed by atoms with E-state index >= 15 is 0 Å². The number of nitrogens with zero attached hydrogens (tertiary/aromatic N) is 1. The van der Waals surface area contributed by atoms with Crippen LogP contribution in [-0.4, -0.2) is 45.1 Å². The minimum Gasteiger partial charge on any atom is -0.480 e. The summed E-state index contributed by atoms with van der Waals surface area (Å²) in [4.78, 5) is 23.9. The van der Waals surface area contributed by atoms with E-state index in [9.17, 15) is 9.59 Å². The van der Waals surface area contributed by atoms with E-state index in [4.69, 9.17) is 10.8 Å². The number of fused-ring (bicyclic) bond motifs is 1. The molecule has 3 unspecified atom stereocenters. The summed E-state index contributed by atoms with van der Waals surface area (Å²) in [6, 6.07) is -1.33. The number of carbonyl (C=O) groups excluding carboxylic acids is 1. The fourth-order valence-corrected chi connectivity index (χ4v) is 3.45. The molecule has 4 atom stereocenters. The van der Waals surface area contributed by atoms with Gasteiger partial charge in [0.25, 0.3) is 0 Å². The number of carboxylic acids is 1. The van der Waals surface area contributed by atoms with Crippen molar-refractivity contribution in [2.75, 3.05) is 5.75 Å². The molecule has 0 radical (unpaired) electrons. The fraction of sp³-hybridized carbons (Fsp3) is 0.556. The largest absolute Gasteiger partial charge is 0.480 e. The van der Waals surface area contributed by atoms with Crippen LogP contribution in [0.15, 0.2) is 12.7 Å². The highest BCUT2D eigenvalue weighted by molar-refractivity contribution is 8.00. The van der Waals surface area contributed by atoms with E-state index in [0.717, 1.165) is 0 Å². The third-order valence-electron chi connectivity index (χ3n) is 2.84. The van der Waals surface area contributed by atoms with Gasteiger partial charge in [-0.2, -0.15) is 0 Å². The number of amides is 1. The Kier molecular flexibility index (Phi) is 2.47. The minimum absolute atomic E-state index is 0.171. The van der Waals surface area contributed by atoms with Crippen LogP contribution in [0.5, 0.6) is 0 Å². The van der Waals surface area contributed by atoms with Gasteiger partial charge in [0.15, 0.2) is 0 Å². The summed E-state index contributed by atoms with van der Waals surface area (Å²) in [6.45, 7) is 3.60. The fourth-order valence-electron chi connectivity index (χ4n) is 2.00. The van der Waals surface area contributed by atoms with Crippen molar-refractivity contribution in [1.82, 2.24) is 4.90 Å². The molecule has 2 aliphatic heterocycles. The normalized spacial score (nSPS) is 39.3. The lowest BCUT2D eigenvalue weighted by atomic mass is 9.94.